The molecule has 0 bridgehead atoms. The molecule has 3 N–H and O–H groups in total. The summed E-state index contributed by atoms with van der Waals surface area (Å²) in [4.78, 5) is 27.8. The van der Waals surface area contributed by atoms with E-state index in [1.54, 1.807) is 49.6 Å². The molecule has 0 saturated heterocycles. The van der Waals surface area contributed by atoms with E-state index in [0.29, 0.717) is 39.1 Å². The Labute approximate surface area is 273 Å². The fraction of sp³-hybridized carbons (Fsp3) is 0.257. The summed E-state index contributed by atoms with van der Waals surface area (Å²) in [5.74, 6) is -1.74. The maximum Gasteiger partial charge on any atom is 0.245 e. The minimum atomic E-state index is -1.58. The summed E-state index contributed by atoms with van der Waals surface area (Å²) in [6.45, 7) is 0.259. The number of carbonyl (C=O) groups excluding carboxylic acids is 2. The van der Waals surface area contributed by atoms with Crippen LogP contribution in [-0.4, -0.2) is 46.7 Å². The zero-order valence-electron chi connectivity index (χ0n) is 25.5. The van der Waals surface area contributed by atoms with E-state index in [2.05, 4.69) is 16.0 Å². The second-order valence-electron chi connectivity index (χ2n) is 10.4. The van der Waals surface area contributed by atoms with Gasteiger partial charge in [-0.15, -0.1) is 0 Å². The second kappa shape index (κ2) is 15.3. The summed E-state index contributed by atoms with van der Waals surface area (Å²) >= 11 is 13.1. The molecule has 4 aromatic carbocycles. The summed E-state index contributed by atoms with van der Waals surface area (Å²) in [5, 5.41) is 9.95. The van der Waals surface area contributed by atoms with E-state index in [1.807, 2.05) is 24.3 Å². The Balaban J connectivity index is 1.84. The van der Waals surface area contributed by atoms with E-state index in [-0.39, 0.29) is 12.5 Å². The molecular weight excluding hydrogens is 616 g/mol. The average Bonchev–Trinajstić information content (AvgIpc) is 3.07. The summed E-state index contributed by atoms with van der Waals surface area (Å²) in [6, 6.07) is 25.8. The highest BCUT2D eigenvalue weighted by molar-refractivity contribution is 6.33. The van der Waals surface area contributed by atoms with Crippen molar-refractivity contribution in [3.8, 4) is 11.5 Å². The van der Waals surface area contributed by atoms with Gasteiger partial charge in [-0.3, -0.25) is 14.9 Å². The number of amides is 2. The zero-order valence-corrected chi connectivity index (χ0v) is 27.0. The first-order valence-electron chi connectivity index (χ1n) is 14.4. The van der Waals surface area contributed by atoms with Gasteiger partial charge in [0.15, 0.2) is 11.5 Å². The van der Waals surface area contributed by atoms with Gasteiger partial charge in [-0.05, 0) is 65.6 Å². The maximum absolute atomic E-state index is 14.1. The Bertz CT molecular complexity index is 1600. The standard InChI is InChI=1S/C35H36Cl2FN3O4/c1-39-33(42)30(23-12-16-26(38)17-13-23)35(34(43)40-2,24-8-6-5-7-9-24)41-21-20-27(22-10-14-25(36)15-11-22)28-18-19-29(44-3)32(45-4)31(28)37/h5-19,27,30,41H,20-21H2,1-4H3,(H,39,42)(H,40,43)/t27-,30?,35+/m1/s1. The van der Waals surface area contributed by atoms with Gasteiger partial charge in [0.1, 0.15) is 11.4 Å². The van der Waals surface area contributed by atoms with Gasteiger partial charge in [0.25, 0.3) is 0 Å². The molecule has 7 nitrogen and oxygen atoms in total. The van der Waals surface area contributed by atoms with Gasteiger partial charge < -0.3 is 20.1 Å². The first kappa shape index (κ1) is 33.8. The van der Waals surface area contributed by atoms with Crippen LogP contribution in [-0.2, 0) is 15.1 Å². The molecule has 236 valence electrons. The van der Waals surface area contributed by atoms with Crippen LogP contribution >= 0.6 is 23.2 Å². The van der Waals surface area contributed by atoms with E-state index >= 15 is 0 Å². The summed E-state index contributed by atoms with van der Waals surface area (Å²) in [6.07, 6.45) is 0.451. The molecule has 0 fully saturated rings. The van der Waals surface area contributed by atoms with Crippen LogP contribution in [0.1, 0.15) is 40.5 Å². The third kappa shape index (κ3) is 7.09. The lowest BCUT2D eigenvalue weighted by atomic mass is 9.72. The average molecular weight is 653 g/mol. The van der Waals surface area contributed by atoms with Crippen molar-refractivity contribution in [3.05, 3.63) is 129 Å². The molecule has 4 rings (SSSR count). The number of benzene rings is 4. The Hall–Kier alpha value is -4.11. The number of ether oxygens (including phenoxy) is 2. The summed E-state index contributed by atoms with van der Waals surface area (Å²) in [5.41, 5.74) is 1.16. The summed E-state index contributed by atoms with van der Waals surface area (Å²) < 4.78 is 25.1. The van der Waals surface area contributed by atoms with Gasteiger partial charge in [-0.2, -0.15) is 0 Å². The van der Waals surface area contributed by atoms with Crippen molar-refractivity contribution in [2.45, 2.75) is 23.8 Å². The Morgan fingerprint density at radius 2 is 1.47 bits per heavy atom. The van der Waals surface area contributed by atoms with Crippen LogP contribution in [0.4, 0.5) is 4.39 Å². The van der Waals surface area contributed by atoms with Crippen LogP contribution in [0.25, 0.3) is 0 Å². The highest BCUT2D eigenvalue weighted by atomic mass is 35.5. The van der Waals surface area contributed by atoms with E-state index in [0.717, 1.165) is 11.1 Å². The van der Waals surface area contributed by atoms with E-state index in [1.165, 1.54) is 45.5 Å². The molecule has 0 aliphatic rings. The molecule has 4 aromatic rings. The molecule has 0 aromatic heterocycles. The first-order valence-corrected chi connectivity index (χ1v) is 15.1. The molecule has 45 heavy (non-hydrogen) atoms. The van der Waals surface area contributed by atoms with Gasteiger partial charge in [0, 0.05) is 25.0 Å². The van der Waals surface area contributed by atoms with Gasteiger partial charge in [0.05, 0.1) is 25.2 Å². The molecule has 0 saturated carbocycles. The van der Waals surface area contributed by atoms with Crippen molar-refractivity contribution < 1.29 is 23.5 Å². The minimum absolute atomic E-state index is 0.259. The molecule has 10 heteroatoms. The van der Waals surface area contributed by atoms with Gasteiger partial charge in [-0.1, -0.05) is 83.9 Å². The van der Waals surface area contributed by atoms with E-state index < -0.39 is 29.1 Å². The van der Waals surface area contributed by atoms with E-state index in [9.17, 15) is 14.0 Å². The largest absolute Gasteiger partial charge is 0.493 e. The minimum Gasteiger partial charge on any atom is -0.493 e. The van der Waals surface area contributed by atoms with Crippen LogP contribution in [0.3, 0.4) is 0 Å². The normalized spacial score (nSPS) is 13.7. The monoisotopic (exact) mass is 651 g/mol. The number of nitrogens with one attached hydrogen (secondary N) is 3. The van der Waals surface area contributed by atoms with Crippen molar-refractivity contribution in [1.29, 1.82) is 0 Å². The Kier molecular flexibility index (Phi) is 11.4. The molecule has 0 aliphatic carbocycles. The highest BCUT2D eigenvalue weighted by Gasteiger charge is 2.50. The van der Waals surface area contributed by atoms with Crippen LogP contribution in [0.5, 0.6) is 11.5 Å². The first-order chi connectivity index (χ1) is 21.7. The molecular formula is C35H36Cl2FN3O4. The second-order valence-corrected chi connectivity index (χ2v) is 11.2. The highest BCUT2D eigenvalue weighted by Crippen LogP contribution is 2.44. The predicted octanol–water partition coefficient (Wildman–Crippen LogP) is 6.43. The maximum atomic E-state index is 14.1. The van der Waals surface area contributed by atoms with Crippen molar-refractivity contribution in [2.75, 3.05) is 34.9 Å². The molecule has 0 radical (unpaired) electrons. The predicted molar refractivity (Wildman–Crippen MR) is 176 cm³/mol. The van der Waals surface area contributed by atoms with Crippen LogP contribution in [0, 0.1) is 5.82 Å². The number of likely N-dealkylation sites (N-methyl/N-ethyl adjacent to an activating group) is 2. The fourth-order valence-electron chi connectivity index (χ4n) is 5.79. The zero-order chi connectivity index (χ0) is 32.6. The number of rotatable bonds is 13. The van der Waals surface area contributed by atoms with Crippen LogP contribution < -0.4 is 25.4 Å². The number of hydrogen-bond donors (Lipinski definition) is 3. The third-order valence-electron chi connectivity index (χ3n) is 7.96. The number of hydrogen-bond acceptors (Lipinski definition) is 5. The number of carbonyl (C=O) groups is 2. The van der Waals surface area contributed by atoms with Gasteiger partial charge in [-0.25, -0.2) is 4.39 Å². The summed E-state index contributed by atoms with van der Waals surface area (Å²) in [7, 11) is 6.10. The quantitative estimate of drug-likeness (QED) is 0.155. The van der Waals surface area contributed by atoms with E-state index in [4.69, 9.17) is 32.7 Å². The molecule has 3 atom stereocenters. The van der Waals surface area contributed by atoms with Crippen molar-refractivity contribution in [1.82, 2.24) is 16.0 Å². The fourth-order valence-corrected chi connectivity index (χ4v) is 6.28. The smallest absolute Gasteiger partial charge is 0.245 e. The van der Waals surface area contributed by atoms with Crippen LogP contribution in [0.2, 0.25) is 10.0 Å². The molecule has 0 spiro atoms. The molecule has 0 heterocycles. The Morgan fingerprint density at radius 1 is 0.822 bits per heavy atom. The van der Waals surface area contributed by atoms with Crippen LogP contribution in [0.15, 0.2) is 91.0 Å². The Morgan fingerprint density at radius 3 is 2.04 bits per heavy atom. The van der Waals surface area contributed by atoms with Crippen molar-refractivity contribution in [3.63, 3.8) is 0 Å². The lowest BCUT2D eigenvalue weighted by molar-refractivity contribution is -0.135. The molecule has 2 amide bonds. The third-order valence-corrected chi connectivity index (χ3v) is 8.60. The number of halogens is 3. The topological polar surface area (TPSA) is 88.7 Å². The molecule has 1 unspecified atom stereocenters. The van der Waals surface area contributed by atoms with Crippen molar-refractivity contribution in [2.24, 2.45) is 0 Å². The molecule has 0 aliphatic heterocycles. The van der Waals surface area contributed by atoms with Crippen molar-refractivity contribution >= 4 is 35.0 Å². The lowest BCUT2D eigenvalue weighted by Crippen LogP contribution is -2.60. The lowest BCUT2D eigenvalue weighted by Gasteiger charge is -2.40. The SMILES string of the molecule is CNC(=O)C(c1ccc(F)cc1)[C@](NCC[C@H](c1ccc(Cl)cc1)c1ccc(OC)c(OC)c1Cl)(C(=O)NC)c1ccccc1. The van der Waals surface area contributed by atoms with Gasteiger partial charge >= 0.3 is 0 Å². The number of methoxy groups -OCH3 is 2. The van der Waals surface area contributed by atoms with Gasteiger partial charge in [0.2, 0.25) is 11.8 Å².